The zero-order chi connectivity index (χ0) is 16.0. The molecule has 0 aliphatic carbocycles. The van der Waals surface area contributed by atoms with Gasteiger partial charge in [0.05, 0.1) is 4.47 Å². The van der Waals surface area contributed by atoms with E-state index in [1.54, 1.807) is 0 Å². The Labute approximate surface area is 130 Å². The predicted octanol–water partition coefficient (Wildman–Crippen LogP) is 2.73. The third kappa shape index (κ3) is 5.34. The molecule has 0 saturated heterocycles. The van der Waals surface area contributed by atoms with Gasteiger partial charge in [-0.05, 0) is 47.5 Å². The molecule has 21 heavy (non-hydrogen) atoms. The second kappa shape index (κ2) is 7.97. The lowest BCUT2D eigenvalue weighted by Gasteiger charge is -2.19. The lowest BCUT2D eigenvalue weighted by molar-refractivity contribution is -0.143. The highest BCUT2D eigenvalue weighted by molar-refractivity contribution is 9.10. The lowest BCUT2D eigenvalue weighted by Crippen LogP contribution is -2.46. The Balaban J connectivity index is 2.67. The van der Waals surface area contributed by atoms with E-state index in [0.717, 1.165) is 0 Å². The number of carboxylic acid groups (broad SMARTS) is 1. The maximum absolute atomic E-state index is 13.0. The van der Waals surface area contributed by atoms with Crippen molar-refractivity contribution < 1.29 is 23.8 Å². The summed E-state index contributed by atoms with van der Waals surface area (Å²) in [5.41, 5.74) is 0. The molecule has 0 bridgehead atoms. The van der Waals surface area contributed by atoms with E-state index < -0.39 is 29.8 Å². The van der Waals surface area contributed by atoms with Crippen LogP contribution in [-0.2, 0) is 9.59 Å². The van der Waals surface area contributed by atoms with E-state index in [4.69, 9.17) is 9.84 Å². The van der Waals surface area contributed by atoms with E-state index >= 15 is 0 Å². The number of benzene rings is 1. The van der Waals surface area contributed by atoms with Gasteiger partial charge in [0.2, 0.25) is 0 Å². The summed E-state index contributed by atoms with van der Waals surface area (Å²) >= 11 is 3.13. The Bertz CT molecular complexity index is 524. The van der Waals surface area contributed by atoms with Gasteiger partial charge in [0.25, 0.3) is 5.91 Å². The maximum atomic E-state index is 13.0. The van der Waals surface area contributed by atoms with Crippen LogP contribution in [0.2, 0.25) is 0 Å². The molecule has 1 rings (SSSR count). The van der Waals surface area contributed by atoms with Crippen molar-refractivity contribution in [1.29, 1.82) is 0 Å². The molecule has 0 spiro atoms. The molecule has 1 aromatic rings. The van der Waals surface area contributed by atoms with Gasteiger partial charge in [-0.25, -0.2) is 9.18 Å². The van der Waals surface area contributed by atoms with Crippen molar-refractivity contribution in [1.82, 2.24) is 5.32 Å². The van der Waals surface area contributed by atoms with E-state index in [-0.39, 0.29) is 0 Å². The smallest absolute Gasteiger partial charge is 0.326 e. The first-order chi connectivity index (χ1) is 9.85. The molecule has 5 nitrogen and oxygen atoms in total. The molecule has 116 valence electrons. The van der Waals surface area contributed by atoms with Crippen LogP contribution in [-0.4, -0.2) is 29.1 Å². The van der Waals surface area contributed by atoms with E-state index in [2.05, 4.69) is 21.2 Å². The van der Waals surface area contributed by atoms with Crippen LogP contribution >= 0.6 is 15.9 Å². The first-order valence-electron chi connectivity index (χ1n) is 6.50. The highest BCUT2D eigenvalue weighted by Gasteiger charge is 2.23. The Kier molecular flexibility index (Phi) is 6.61. The van der Waals surface area contributed by atoms with Crippen LogP contribution in [0.25, 0.3) is 0 Å². The van der Waals surface area contributed by atoms with Gasteiger partial charge in [-0.2, -0.15) is 0 Å². The third-order valence-electron chi connectivity index (χ3n) is 2.76. The summed E-state index contributed by atoms with van der Waals surface area (Å²) in [6.07, 6.45) is 0.0785. The van der Waals surface area contributed by atoms with Gasteiger partial charge in [0.15, 0.2) is 6.10 Å². The monoisotopic (exact) mass is 361 g/mol. The van der Waals surface area contributed by atoms with Crippen molar-refractivity contribution in [2.24, 2.45) is 0 Å². The van der Waals surface area contributed by atoms with Gasteiger partial charge in [-0.15, -0.1) is 0 Å². The average molecular weight is 362 g/mol. The van der Waals surface area contributed by atoms with Crippen LogP contribution in [0.1, 0.15) is 26.7 Å². The Hall–Kier alpha value is -1.63. The number of hydrogen-bond acceptors (Lipinski definition) is 3. The van der Waals surface area contributed by atoms with Crippen molar-refractivity contribution >= 4 is 27.8 Å². The average Bonchev–Trinajstić information content (AvgIpc) is 2.41. The van der Waals surface area contributed by atoms with E-state index in [0.29, 0.717) is 23.1 Å². The molecule has 7 heteroatoms. The molecule has 0 radical (unpaired) electrons. The van der Waals surface area contributed by atoms with Gasteiger partial charge in [0, 0.05) is 0 Å². The zero-order valence-electron chi connectivity index (χ0n) is 11.7. The van der Waals surface area contributed by atoms with Crippen molar-refractivity contribution in [3.05, 3.63) is 28.5 Å². The molecular weight excluding hydrogens is 345 g/mol. The summed E-state index contributed by atoms with van der Waals surface area (Å²) in [5.74, 6) is -1.74. The molecular formula is C14H17BrFNO4. The van der Waals surface area contributed by atoms with Crippen LogP contribution in [0.3, 0.4) is 0 Å². The Morgan fingerprint density at radius 2 is 2.14 bits per heavy atom. The third-order valence-corrected chi connectivity index (χ3v) is 3.38. The van der Waals surface area contributed by atoms with Crippen molar-refractivity contribution in [2.45, 2.75) is 38.8 Å². The first-order valence-corrected chi connectivity index (χ1v) is 7.29. The first kappa shape index (κ1) is 17.4. The van der Waals surface area contributed by atoms with E-state index in [9.17, 15) is 14.0 Å². The zero-order valence-corrected chi connectivity index (χ0v) is 13.3. The number of hydrogen-bond donors (Lipinski definition) is 2. The minimum Gasteiger partial charge on any atom is -0.480 e. The standard InChI is InChI=1S/C14H17BrFNO4/c1-3-4-11(14(19)20)17-13(18)8(2)21-12-6-5-9(16)7-10(12)15/h5-8,11H,3-4H2,1-2H3,(H,17,18)(H,19,20). The molecule has 0 aliphatic heterocycles. The highest BCUT2D eigenvalue weighted by atomic mass is 79.9. The van der Waals surface area contributed by atoms with E-state index in [1.807, 2.05) is 6.92 Å². The number of ether oxygens (including phenoxy) is 1. The molecule has 1 amide bonds. The number of nitrogens with one attached hydrogen (secondary N) is 1. The normalized spacial score (nSPS) is 13.3. The van der Waals surface area contributed by atoms with Gasteiger partial charge in [-0.1, -0.05) is 13.3 Å². The molecule has 2 unspecified atom stereocenters. The van der Waals surface area contributed by atoms with Gasteiger partial charge >= 0.3 is 5.97 Å². The number of aliphatic carboxylic acids is 1. The predicted molar refractivity (Wildman–Crippen MR) is 78.7 cm³/mol. The van der Waals surface area contributed by atoms with Crippen molar-refractivity contribution in [3.63, 3.8) is 0 Å². The maximum Gasteiger partial charge on any atom is 0.326 e. The quantitative estimate of drug-likeness (QED) is 0.782. The number of carboxylic acids is 1. The fraction of sp³-hybridized carbons (Fsp3) is 0.429. The number of rotatable bonds is 7. The summed E-state index contributed by atoms with van der Waals surface area (Å²) in [6.45, 7) is 3.33. The van der Waals surface area contributed by atoms with Crippen LogP contribution in [0, 0.1) is 5.82 Å². The number of amides is 1. The van der Waals surface area contributed by atoms with Gasteiger partial charge < -0.3 is 15.2 Å². The fourth-order valence-electron chi connectivity index (χ4n) is 1.65. The van der Waals surface area contributed by atoms with Crippen LogP contribution in [0.5, 0.6) is 5.75 Å². The van der Waals surface area contributed by atoms with Crippen molar-refractivity contribution in [3.8, 4) is 5.75 Å². The SMILES string of the molecule is CCCC(NC(=O)C(C)Oc1ccc(F)cc1Br)C(=O)O. The van der Waals surface area contributed by atoms with Crippen molar-refractivity contribution in [2.75, 3.05) is 0 Å². The highest BCUT2D eigenvalue weighted by Crippen LogP contribution is 2.26. The molecule has 2 atom stereocenters. The molecule has 0 aromatic heterocycles. The van der Waals surface area contributed by atoms with Crippen LogP contribution < -0.4 is 10.1 Å². The minimum absolute atomic E-state index is 0.307. The second-order valence-electron chi connectivity index (χ2n) is 4.52. The number of carbonyl (C=O) groups is 2. The molecule has 0 aliphatic rings. The molecule has 0 saturated carbocycles. The molecule has 1 aromatic carbocycles. The van der Waals surface area contributed by atoms with E-state index in [1.165, 1.54) is 25.1 Å². The molecule has 2 N–H and O–H groups in total. The van der Waals surface area contributed by atoms with Gasteiger partial charge in [-0.3, -0.25) is 4.79 Å². The Morgan fingerprint density at radius 3 is 2.67 bits per heavy atom. The lowest BCUT2D eigenvalue weighted by atomic mass is 10.1. The summed E-state index contributed by atoms with van der Waals surface area (Å²) < 4.78 is 18.7. The summed E-state index contributed by atoms with van der Waals surface area (Å²) in [4.78, 5) is 22.9. The fourth-order valence-corrected chi connectivity index (χ4v) is 2.09. The van der Waals surface area contributed by atoms with Crippen LogP contribution in [0.4, 0.5) is 4.39 Å². The topological polar surface area (TPSA) is 75.6 Å². The van der Waals surface area contributed by atoms with Crippen LogP contribution in [0.15, 0.2) is 22.7 Å². The minimum atomic E-state index is -1.08. The van der Waals surface area contributed by atoms with Gasteiger partial charge in [0.1, 0.15) is 17.6 Å². The second-order valence-corrected chi connectivity index (χ2v) is 5.38. The number of halogens is 2. The summed E-state index contributed by atoms with van der Waals surface area (Å²) in [7, 11) is 0. The Morgan fingerprint density at radius 1 is 1.48 bits per heavy atom. The summed E-state index contributed by atoms with van der Waals surface area (Å²) in [6, 6.07) is 2.88. The molecule has 0 heterocycles. The summed E-state index contributed by atoms with van der Waals surface area (Å²) in [5, 5.41) is 11.4. The largest absolute Gasteiger partial charge is 0.480 e. The number of carbonyl (C=O) groups excluding carboxylic acids is 1. The molecule has 0 fully saturated rings.